The minimum absolute atomic E-state index is 0.0308. The quantitative estimate of drug-likeness (QED) is 0.563. The molecule has 0 aliphatic rings. The first kappa shape index (κ1) is 14.4. The molecule has 3 heteroatoms. The highest BCUT2D eigenvalue weighted by atomic mass is 16.4. The number of rotatable bonds is 10. The van der Waals surface area contributed by atoms with E-state index < -0.39 is 12.1 Å². The Hall–Kier alpha value is -0.570. The number of carboxylic acid groups (broad SMARTS) is 1. The van der Waals surface area contributed by atoms with E-state index in [-0.39, 0.29) is 6.42 Å². The third-order valence-electron chi connectivity index (χ3n) is 2.57. The van der Waals surface area contributed by atoms with E-state index in [0.717, 1.165) is 19.3 Å². The molecule has 0 heterocycles. The fraction of sp³-hybridized carbons (Fsp3) is 0.917. The first-order valence-corrected chi connectivity index (χ1v) is 6.04. The van der Waals surface area contributed by atoms with Crippen LogP contribution in [0.5, 0.6) is 0 Å². The zero-order valence-electron chi connectivity index (χ0n) is 9.71. The van der Waals surface area contributed by atoms with Crippen molar-refractivity contribution >= 4 is 5.97 Å². The molecule has 1 atom stereocenters. The van der Waals surface area contributed by atoms with Crippen LogP contribution in [0.1, 0.15) is 64.7 Å². The molecule has 0 saturated heterocycles. The molecule has 90 valence electrons. The molecule has 0 amide bonds. The van der Waals surface area contributed by atoms with Gasteiger partial charge in [0, 0.05) is 5.97 Å². The van der Waals surface area contributed by atoms with Crippen LogP contribution in [-0.2, 0) is 4.79 Å². The summed E-state index contributed by atoms with van der Waals surface area (Å²) in [7, 11) is 0. The van der Waals surface area contributed by atoms with Crippen molar-refractivity contribution in [2.75, 3.05) is 0 Å². The standard InChI is InChI=1S/C12H24O3/c1-2-3-4-5-6-7-8-11(13)9-10-12(14)15/h11,13H,2-10H2,1H3,(H,14,15)/p-1. The van der Waals surface area contributed by atoms with Crippen LogP contribution in [0, 0.1) is 0 Å². The Bertz CT molecular complexity index is 157. The van der Waals surface area contributed by atoms with E-state index in [1.807, 2.05) is 0 Å². The van der Waals surface area contributed by atoms with Crippen molar-refractivity contribution < 1.29 is 15.0 Å². The highest BCUT2D eigenvalue weighted by molar-refractivity contribution is 5.64. The van der Waals surface area contributed by atoms with Gasteiger partial charge in [0.1, 0.15) is 0 Å². The first-order valence-electron chi connectivity index (χ1n) is 6.04. The summed E-state index contributed by atoms with van der Waals surface area (Å²) >= 11 is 0. The van der Waals surface area contributed by atoms with Gasteiger partial charge >= 0.3 is 0 Å². The maximum Gasteiger partial charge on any atom is 0.0543 e. The molecule has 0 bridgehead atoms. The molecule has 0 aliphatic carbocycles. The molecular formula is C12H23O3-. The second-order valence-corrected chi connectivity index (χ2v) is 4.12. The molecule has 0 aromatic carbocycles. The fourth-order valence-electron chi connectivity index (χ4n) is 1.59. The number of aliphatic hydroxyl groups is 1. The number of hydrogen-bond acceptors (Lipinski definition) is 3. The molecule has 3 nitrogen and oxygen atoms in total. The van der Waals surface area contributed by atoms with E-state index in [4.69, 9.17) is 0 Å². The number of unbranched alkanes of at least 4 members (excludes halogenated alkanes) is 5. The lowest BCUT2D eigenvalue weighted by Gasteiger charge is -2.10. The van der Waals surface area contributed by atoms with Crippen LogP contribution < -0.4 is 5.11 Å². The Morgan fingerprint density at radius 2 is 1.73 bits per heavy atom. The van der Waals surface area contributed by atoms with E-state index in [9.17, 15) is 15.0 Å². The third kappa shape index (κ3) is 11.4. The lowest BCUT2D eigenvalue weighted by Crippen LogP contribution is -2.23. The van der Waals surface area contributed by atoms with Crippen LogP contribution in [0.25, 0.3) is 0 Å². The van der Waals surface area contributed by atoms with Gasteiger partial charge in [-0.15, -0.1) is 0 Å². The number of carboxylic acids is 1. The molecule has 15 heavy (non-hydrogen) atoms. The van der Waals surface area contributed by atoms with Crippen molar-refractivity contribution in [2.45, 2.75) is 70.8 Å². The van der Waals surface area contributed by atoms with Gasteiger partial charge in [-0.25, -0.2) is 0 Å². The third-order valence-corrected chi connectivity index (χ3v) is 2.57. The van der Waals surface area contributed by atoms with Crippen LogP contribution in [0.2, 0.25) is 0 Å². The Morgan fingerprint density at radius 3 is 2.33 bits per heavy atom. The summed E-state index contributed by atoms with van der Waals surface area (Å²) in [4.78, 5) is 10.1. The van der Waals surface area contributed by atoms with Gasteiger partial charge in [0.25, 0.3) is 0 Å². The highest BCUT2D eigenvalue weighted by Gasteiger charge is 2.03. The van der Waals surface area contributed by atoms with Gasteiger partial charge in [0.15, 0.2) is 0 Å². The Morgan fingerprint density at radius 1 is 1.13 bits per heavy atom. The van der Waals surface area contributed by atoms with Crippen LogP contribution >= 0.6 is 0 Å². The Kier molecular flexibility index (Phi) is 9.59. The Balaban J connectivity index is 3.16. The predicted octanol–water partition coefficient (Wildman–Crippen LogP) is 1.63. The Labute approximate surface area is 92.5 Å². The molecule has 0 saturated carbocycles. The average Bonchev–Trinajstić information content (AvgIpc) is 2.20. The van der Waals surface area contributed by atoms with E-state index >= 15 is 0 Å². The maximum absolute atomic E-state index is 10.1. The zero-order chi connectivity index (χ0) is 11.5. The molecule has 1 N–H and O–H groups in total. The number of aliphatic hydroxyl groups excluding tert-OH is 1. The summed E-state index contributed by atoms with van der Waals surface area (Å²) in [6.07, 6.45) is 7.72. The van der Waals surface area contributed by atoms with Crippen molar-refractivity contribution in [3.63, 3.8) is 0 Å². The predicted molar refractivity (Wildman–Crippen MR) is 58.2 cm³/mol. The smallest absolute Gasteiger partial charge is 0.0543 e. The zero-order valence-corrected chi connectivity index (χ0v) is 9.71. The lowest BCUT2D eigenvalue weighted by atomic mass is 10.0. The second-order valence-electron chi connectivity index (χ2n) is 4.12. The molecule has 0 fully saturated rings. The average molecular weight is 215 g/mol. The largest absolute Gasteiger partial charge is 0.550 e. The van der Waals surface area contributed by atoms with Gasteiger partial charge in [-0.05, 0) is 19.3 Å². The highest BCUT2D eigenvalue weighted by Crippen LogP contribution is 2.10. The lowest BCUT2D eigenvalue weighted by molar-refractivity contribution is -0.306. The molecule has 1 unspecified atom stereocenters. The fourth-order valence-corrected chi connectivity index (χ4v) is 1.59. The van der Waals surface area contributed by atoms with Crippen molar-refractivity contribution in [3.05, 3.63) is 0 Å². The molecule has 0 rings (SSSR count). The number of carbonyl (C=O) groups is 1. The second kappa shape index (κ2) is 9.97. The summed E-state index contributed by atoms with van der Waals surface area (Å²) in [6, 6.07) is 0. The first-order chi connectivity index (χ1) is 7.16. The molecule has 0 aromatic heterocycles. The van der Waals surface area contributed by atoms with Gasteiger partial charge in [0.2, 0.25) is 0 Å². The van der Waals surface area contributed by atoms with Crippen molar-refractivity contribution in [2.24, 2.45) is 0 Å². The topological polar surface area (TPSA) is 60.4 Å². The number of carbonyl (C=O) groups excluding carboxylic acids is 1. The number of hydrogen-bond donors (Lipinski definition) is 1. The van der Waals surface area contributed by atoms with Crippen LogP contribution in [0.4, 0.5) is 0 Å². The molecule has 0 aromatic rings. The van der Waals surface area contributed by atoms with Crippen molar-refractivity contribution in [3.8, 4) is 0 Å². The molecular weight excluding hydrogens is 192 g/mol. The van der Waals surface area contributed by atoms with Gasteiger partial charge < -0.3 is 15.0 Å². The van der Waals surface area contributed by atoms with Crippen molar-refractivity contribution in [1.82, 2.24) is 0 Å². The van der Waals surface area contributed by atoms with Gasteiger partial charge in [-0.3, -0.25) is 0 Å². The SMILES string of the molecule is CCCCCCCCC(O)CCC(=O)[O-]. The summed E-state index contributed by atoms with van der Waals surface area (Å²) < 4.78 is 0. The van der Waals surface area contributed by atoms with E-state index in [1.54, 1.807) is 0 Å². The van der Waals surface area contributed by atoms with E-state index in [1.165, 1.54) is 25.7 Å². The molecule has 0 spiro atoms. The van der Waals surface area contributed by atoms with Crippen molar-refractivity contribution in [1.29, 1.82) is 0 Å². The van der Waals surface area contributed by atoms with Crippen LogP contribution in [0.3, 0.4) is 0 Å². The summed E-state index contributed by atoms with van der Waals surface area (Å²) in [6.45, 7) is 2.18. The van der Waals surface area contributed by atoms with Gasteiger partial charge in [-0.1, -0.05) is 45.4 Å². The van der Waals surface area contributed by atoms with Crippen LogP contribution in [0.15, 0.2) is 0 Å². The minimum atomic E-state index is -1.07. The summed E-state index contributed by atoms with van der Waals surface area (Å²) in [5, 5.41) is 19.5. The van der Waals surface area contributed by atoms with E-state index in [2.05, 4.69) is 6.92 Å². The van der Waals surface area contributed by atoms with E-state index in [0.29, 0.717) is 6.42 Å². The van der Waals surface area contributed by atoms with Gasteiger partial charge in [-0.2, -0.15) is 0 Å². The summed E-state index contributed by atoms with van der Waals surface area (Å²) in [5.74, 6) is -1.07. The monoisotopic (exact) mass is 215 g/mol. The molecule has 0 radical (unpaired) electrons. The molecule has 0 aliphatic heterocycles. The minimum Gasteiger partial charge on any atom is -0.550 e. The van der Waals surface area contributed by atoms with Gasteiger partial charge in [0.05, 0.1) is 6.10 Å². The normalized spacial score (nSPS) is 12.7. The summed E-state index contributed by atoms with van der Waals surface area (Å²) in [5.41, 5.74) is 0. The maximum atomic E-state index is 10.1. The van der Waals surface area contributed by atoms with Crippen LogP contribution in [-0.4, -0.2) is 17.2 Å². The number of aliphatic carboxylic acids is 1.